The summed E-state index contributed by atoms with van der Waals surface area (Å²) in [6.07, 6.45) is 4.33. The molecule has 3 nitrogen and oxygen atoms in total. The summed E-state index contributed by atoms with van der Waals surface area (Å²) in [5, 5.41) is 2.91. The molecule has 3 rings (SSSR count). The average Bonchev–Trinajstić information content (AvgIpc) is 3.02. The van der Waals surface area contributed by atoms with Crippen LogP contribution in [-0.4, -0.2) is 29.1 Å². The van der Waals surface area contributed by atoms with E-state index in [1.165, 1.54) is 24.6 Å². The van der Waals surface area contributed by atoms with Gasteiger partial charge in [-0.3, -0.25) is 4.79 Å². The molecule has 3 heterocycles. The van der Waals surface area contributed by atoms with Gasteiger partial charge in [0.25, 0.3) is 5.91 Å². The monoisotopic (exact) mass is 292 g/mol. The van der Waals surface area contributed by atoms with Crippen LogP contribution in [-0.2, 0) is 4.79 Å². The Labute approximate surface area is 121 Å². The fraction of sp³-hybridized carbons (Fsp3) is 0.429. The average molecular weight is 292 g/mol. The van der Waals surface area contributed by atoms with E-state index in [4.69, 9.17) is 0 Å². The van der Waals surface area contributed by atoms with Crippen molar-refractivity contribution in [2.45, 2.75) is 19.8 Å². The second kappa shape index (κ2) is 5.51. The Balaban J connectivity index is 1.70. The molecule has 0 N–H and O–H groups in total. The van der Waals surface area contributed by atoms with Crippen LogP contribution in [0.25, 0.3) is 6.08 Å². The van der Waals surface area contributed by atoms with Crippen LogP contribution in [0, 0.1) is 5.92 Å². The van der Waals surface area contributed by atoms with Crippen molar-refractivity contribution >= 4 is 40.2 Å². The fourth-order valence-electron chi connectivity index (χ4n) is 2.24. The highest BCUT2D eigenvalue weighted by Gasteiger charge is 2.28. The Bertz CT molecular complexity index is 526. The Morgan fingerprint density at radius 3 is 2.89 bits per heavy atom. The third kappa shape index (κ3) is 2.92. The predicted molar refractivity (Wildman–Crippen MR) is 82.3 cm³/mol. The number of amidine groups is 1. The molecule has 19 heavy (non-hydrogen) atoms. The smallest absolute Gasteiger partial charge is 0.286 e. The molecule has 0 atom stereocenters. The maximum atomic E-state index is 11.9. The van der Waals surface area contributed by atoms with E-state index in [1.807, 2.05) is 23.6 Å². The molecule has 1 saturated heterocycles. The minimum atomic E-state index is -0.0907. The van der Waals surface area contributed by atoms with Gasteiger partial charge in [-0.15, -0.1) is 11.3 Å². The van der Waals surface area contributed by atoms with E-state index in [2.05, 4.69) is 16.8 Å². The minimum Gasteiger partial charge on any atom is -0.351 e. The number of aliphatic imine (C=N–C) groups is 1. The summed E-state index contributed by atoms with van der Waals surface area (Å²) in [4.78, 5) is 20.2. The number of carbonyl (C=O) groups excluding carboxylic acids is 1. The van der Waals surface area contributed by atoms with E-state index in [0.717, 1.165) is 34.0 Å². The molecule has 0 saturated carbocycles. The van der Waals surface area contributed by atoms with Crippen LogP contribution in [0.15, 0.2) is 27.4 Å². The Morgan fingerprint density at radius 1 is 1.42 bits per heavy atom. The van der Waals surface area contributed by atoms with E-state index < -0.39 is 0 Å². The Hall–Kier alpha value is -1.07. The van der Waals surface area contributed by atoms with Gasteiger partial charge in [-0.1, -0.05) is 13.0 Å². The molecular weight excluding hydrogens is 276 g/mol. The standard InChI is InChI=1S/C14H16N2OS2/c1-10-4-6-16(7-5-10)14-15-13(17)12(19-14)9-11-3-2-8-18-11/h2-3,8-10H,4-7H2,1H3/b12-9-. The molecule has 2 aliphatic rings. The molecular formula is C14H16N2OS2. The second-order valence-electron chi connectivity index (χ2n) is 5.00. The Kier molecular flexibility index (Phi) is 3.75. The van der Waals surface area contributed by atoms with Crippen molar-refractivity contribution in [2.75, 3.05) is 13.1 Å². The molecule has 1 amide bonds. The van der Waals surface area contributed by atoms with Crippen molar-refractivity contribution in [3.8, 4) is 0 Å². The number of amides is 1. The molecule has 0 bridgehead atoms. The van der Waals surface area contributed by atoms with Gasteiger partial charge < -0.3 is 4.90 Å². The minimum absolute atomic E-state index is 0.0907. The third-order valence-corrected chi connectivity index (χ3v) is 5.34. The predicted octanol–water partition coefficient (Wildman–Crippen LogP) is 3.45. The molecule has 0 spiro atoms. The topological polar surface area (TPSA) is 32.7 Å². The van der Waals surface area contributed by atoms with Crippen molar-refractivity contribution in [2.24, 2.45) is 10.9 Å². The zero-order chi connectivity index (χ0) is 13.2. The van der Waals surface area contributed by atoms with Crippen LogP contribution in [0.5, 0.6) is 0 Å². The molecule has 100 valence electrons. The van der Waals surface area contributed by atoms with Gasteiger partial charge >= 0.3 is 0 Å². The van der Waals surface area contributed by atoms with E-state index >= 15 is 0 Å². The third-order valence-electron chi connectivity index (χ3n) is 3.48. The lowest BCUT2D eigenvalue weighted by Gasteiger charge is -2.30. The van der Waals surface area contributed by atoms with Crippen LogP contribution < -0.4 is 0 Å². The molecule has 0 aromatic carbocycles. The molecule has 0 aliphatic carbocycles. The maximum absolute atomic E-state index is 11.9. The molecule has 5 heteroatoms. The van der Waals surface area contributed by atoms with Crippen molar-refractivity contribution < 1.29 is 4.79 Å². The first-order valence-electron chi connectivity index (χ1n) is 6.53. The molecule has 0 radical (unpaired) electrons. The molecule has 0 unspecified atom stereocenters. The van der Waals surface area contributed by atoms with Gasteiger partial charge in [0.1, 0.15) is 0 Å². The van der Waals surface area contributed by atoms with E-state index in [9.17, 15) is 4.79 Å². The number of hydrogen-bond donors (Lipinski definition) is 0. The van der Waals surface area contributed by atoms with Crippen molar-refractivity contribution in [3.05, 3.63) is 27.3 Å². The lowest BCUT2D eigenvalue weighted by Crippen LogP contribution is -2.35. The number of hydrogen-bond acceptors (Lipinski definition) is 4. The van der Waals surface area contributed by atoms with Crippen molar-refractivity contribution in [1.82, 2.24) is 4.90 Å². The molecule has 2 aliphatic heterocycles. The van der Waals surface area contributed by atoms with Crippen LogP contribution in [0.2, 0.25) is 0 Å². The van der Waals surface area contributed by atoms with E-state index in [-0.39, 0.29) is 5.91 Å². The highest BCUT2D eigenvalue weighted by atomic mass is 32.2. The summed E-state index contributed by atoms with van der Waals surface area (Å²) in [5.41, 5.74) is 0. The SMILES string of the molecule is CC1CCN(C2=NC(=O)/C(=C/c3cccs3)S2)CC1. The van der Waals surface area contributed by atoms with E-state index in [1.54, 1.807) is 11.3 Å². The van der Waals surface area contributed by atoms with Crippen LogP contribution in [0.4, 0.5) is 0 Å². The first kappa shape index (κ1) is 12.9. The zero-order valence-corrected chi connectivity index (χ0v) is 12.5. The first-order valence-corrected chi connectivity index (χ1v) is 8.23. The van der Waals surface area contributed by atoms with Crippen LogP contribution in [0.1, 0.15) is 24.6 Å². The summed E-state index contributed by atoms with van der Waals surface area (Å²) >= 11 is 3.16. The molecule has 1 aromatic heterocycles. The van der Waals surface area contributed by atoms with Gasteiger partial charge in [0.15, 0.2) is 5.17 Å². The number of likely N-dealkylation sites (tertiary alicyclic amines) is 1. The summed E-state index contributed by atoms with van der Waals surface area (Å²) < 4.78 is 0. The van der Waals surface area contributed by atoms with Crippen molar-refractivity contribution in [1.29, 1.82) is 0 Å². The van der Waals surface area contributed by atoms with Gasteiger partial charge in [0, 0.05) is 18.0 Å². The van der Waals surface area contributed by atoms with Gasteiger partial charge in [0.2, 0.25) is 0 Å². The van der Waals surface area contributed by atoms with Gasteiger partial charge in [-0.05, 0) is 48.0 Å². The number of thioether (sulfide) groups is 1. The Morgan fingerprint density at radius 2 is 2.21 bits per heavy atom. The van der Waals surface area contributed by atoms with Crippen LogP contribution >= 0.6 is 23.1 Å². The lowest BCUT2D eigenvalue weighted by molar-refractivity contribution is -0.113. The summed E-state index contributed by atoms with van der Waals surface area (Å²) in [7, 11) is 0. The van der Waals surface area contributed by atoms with Crippen molar-refractivity contribution in [3.63, 3.8) is 0 Å². The highest BCUT2D eigenvalue weighted by Crippen LogP contribution is 2.32. The summed E-state index contributed by atoms with van der Waals surface area (Å²) in [6.45, 7) is 4.33. The number of nitrogens with zero attached hydrogens (tertiary/aromatic N) is 2. The number of rotatable bonds is 1. The zero-order valence-electron chi connectivity index (χ0n) is 10.8. The maximum Gasteiger partial charge on any atom is 0.286 e. The molecule has 1 aromatic rings. The summed E-state index contributed by atoms with van der Waals surface area (Å²) in [5.74, 6) is 0.701. The van der Waals surface area contributed by atoms with Crippen LogP contribution in [0.3, 0.4) is 0 Å². The van der Waals surface area contributed by atoms with Gasteiger partial charge in [-0.2, -0.15) is 4.99 Å². The first-order chi connectivity index (χ1) is 9.22. The quantitative estimate of drug-likeness (QED) is 0.743. The van der Waals surface area contributed by atoms with Gasteiger partial charge in [-0.25, -0.2) is 0 Å². The largest absolute Gasteiger partial charge is 0.351 e. The fourth-order valence-corrected chi connectivity index (χ4v) is 3.92. The number of piperidine rings is 1. The molecule has 1 fully saturated rings. The van der Waals surface area contributed by atoms with Gasteiger partial charge in [0.05, 0.1) is 4.91 Å². The van der Waals surface area contributed by atoms with E-state index in [0.29, 0.717) is 0 Å². The lowest BCUT2D eigenvalue weighted by atomic mass is 10.00. The second-order valence-corrected chi connectivity index (χ2v) is 6.98. The summed E-state index contributed by atoms with van der Waals surface area (Å²) in [6, 6.07) is 4.01. The number of carbonyl (C=O) groups is 1. The normalized spacial score (nSPS) is 23.2. The number of thiophene rings is 1. The highest BCUT2D eigenvalue weighted by molar-refractivity contribution is 8.18.